The van der Waals surface area contributed by atoms with Gasteiger partial charge in [-0.2, -0.15) is 5.10 Å². The van der Waals surface area contributed by atoms with Crippen LogP contribution in [-0.2, 0) is 20.8 Å². The predicted octanol–water partition coefficient (Wildman–Crippen LogP) is -0.870. The summed E-state index contributed by atoms with van der Waals surface area (Å²) in [4.78, 5) is 41.1. The van der Waals surface area contributed by atoms with Crippen molar-refractivity contribution in [1.29, 1.82) is 0 Å². The summed E-state index contributed by atoms with van der Waals surface area (Å²) in [5.74, 6) is -1.92. The van der Waals surface area contributed by atoms with E-state index in [2.05, 4.69) is 20.4 Å². The van der Waals surface area contributed by atoms with E-state index in [1.165, 1.54) is 19.6 Å². The van der Waals surface area contributed by atoms with Crippen LogP contribution in [0.25, 0.3) is 0 Å². The van der Waals surface area contributed by atoms with Crippen LogP contribution in [0.2, 0.25) is 0 Å². The van der Waals surface area contributed by atoms with Crippen LogP contribution in [0.15, 0.2) is 17.6 Å². The number of hydrogen-bond acceptors (Lipinski definition) is 5. The maximum Gasteiger partial charge on any atom is 0.326 e. The van der Waals surface area contributed by atoms with E-state index in [9.17, 15) is 14.4 Å². The third-order valence-corrected chi connectivity index (χ3v) is 3.05. The highest BCUT2D eigenvalue weighted by Gasteiger charge is 2.26. The summed E-state index contributed by atoms with van der Waals surface area (Å²) < 4.78 is 0. The molecule has 0 bridgehead atoms. The number of hydrazone groups is 1. The van der Waals surface area contributed by atoms with Gasteiger partial charge in [0, 0.05) is 38.2 Å². The highest BCUT2D eigenvalue weighted by molar-refractivity contribution is 6.39. The van der Waals surface area contributed by atoms with Crippen molar-refractivity contribution in [2.75, 3.05) is 7.05 Å². The van der Waals surface area contributed by atoms with Gasteiger partial charge in [0.2, 0.25) is 5.91 Å². The fraction of sp³-hybridized carbons (Fsp3) is 0.417. The maximum atomic E-state index is 12.0. The second-order valence-electron chi connectivity index (χ2n) is 4.61. The second kappa shape index (κ2) is 6.16. The van der Waals surface area contributed by atoms with Crippen LogP contribution < -0.4 is 5.32 Å². The molecular formula is C12H15N5O4. The van der Waals surface area contributed by atoms with Crippen molar-refractivity contribution >= 4 is 23.5 Å². The van der Waals surface area contributed by atoms with Crippen molar-refractivity contribution in [2.24, 2.45) is 5.10 Å². The first-order valence-electron chi connectivity index (χ1n) is 6.32. The maximum absolute atomic E-state index is 12.0. The highest BCUT2D eigenvalue weighted by Crippen LogP contribution is 2.08. The number of carbonyl (C=O) groups excluding carboxylic acids is 2. The Morgan fingerprint density at radius 2 is 2.29 bits per heavy atom. The molecular weight excluding hydrogens is 278 g/mol. The lowest BCUT2D eigenvalue weighted by Crippen LogP contribution is -2.46. The Kier molecular flexibility index (Phi) is 4.31. The van der Waals surface area contributed by atoms with E-state index in [0.717, 1.165) is 5.01 Å². The summed E-state index contributed by atoms with van der Waals surface area (Å²) in [6.45, 7) is 0. The van der Waals surface area contributed by atoms with Crippen LogP contribution in [0.3, 0.4) is 0 Å². The molecule has 1 aromatic heterocycles. The fourth-order valence-electron chi connectivity index (χ4n) is 1.89. The molecule has 0 aliphatic carbocycles. The molecule has 0 aromatic carbocycles. The van der Waals surface area contributed by atoms with Crippen molar-refractivity contribution in [3.63, 3.8) is 0 Å². The number of imidazole rings is 1. The minimum Gasteiger partial charge on any atom is -0.480 e. The molecule has 112 valence electrons. The van der Waals surface area contributed by atoms with E-state index in [0.29, 0.717) is 5.69 Å². The minimum absolute atomic E-state index is 0.0864. The minimum atomic E-state index is -1.15. The second-order valence-corrected chi connectivity index (χ2v) is 4.61. The van der Waals surface area contributed by atoms with Crippen molar-refractivity contribution < 1.29 is 19.5 Å². The largest absolute Gasteiger partial charge is 0.480 e. The van der Waals surface area contributed by atoms with Crippen molar-refractivity contribution in [3.05, 3.63) is 18.2 Å². The van der Waals surface area contributed by atoms with E-state index >= 15 is 0 Å². The lowest BCUT2D eigenvalue weighted by molar-refractivity contribution is -0.141. The summed E-state index contributed by atoms with van der Waals surface area (Å²) in [6, 6.07) is -1.09. The Labute approximate surface area is 120 Å². The zero-order valence-corrected chi connectivity index (χ0v) is 11.4. The molecule has 9 nitrogen and oxygen atoms in total. The number of aliphatic carboxylic acids is 1. The summed E-state index contributed by atoms with van der Waals surface area (Å²) in [7, 11) is 1.45. The molecule has 9 heteroatoms. The van der Waals surface area contributed by atoms with E-state index in [1.54, 1.807) is 0 Å². The summed E-state index contributed by atoms with van der Waals surface area (Å²) >= 11 is 0. The Bertz CT molecular complexity index is 580. The molecule has 3 N–H and O–H groups in total. The molecule has 0 unspecified atom stereocenters. The van der Waals surface area contributed by atoms with Gasteiger partial charge in [-0.15, -0.1) is 0 Å². The fourth-order valence-corrected chi connectivity index (χ4v) is 1.89. The first-order valence-corrected chi connectivity index (χ1v) is 6.32. The third-order valence-electron chi connectivity index (χ3n) is 3.05. The van der Waals surface area contributed by atoms with Crippen molar-refractivity contribution in [2.45, 2.75) is 25.3 Å². The molecule has 1 aromatic rings. The van der Waals surface area contributed by atoms with E-state index in [1.807, 2.05) is 0 Å². The summed E-state index contributed by atoms with van der Waals surface area (Å²) in [6.07, 6.45) is 3.39. The Morgan fingerprint density at radius 1 is 1.52 bits per heavy atom. The number of aromatic amines is 1. The van der Waals surface area contributed by atoms with Gasteiger partial charge in [-0.05, 0) is 0 Å². The number of carbonyl (C=O) groups is 3. The van der Waals surface area contributed by atoms with Crippen LogP contribution in [0, 0.1) is 0 Å². The van der Waals surface area contributed by atoms with E-state index in [-0.39, 0.29) is 30.9 Å². The zero-order chi connectivity index (χ0) is 15.4. The van der Waals surface area contributed by atoms with Gasteiger partial charge in [0.25, 0.3) is 5.91 Å². The SMILES string of the molecule is CN1N=C(C(=O)N[C@H](Cc2cnc[nH]2)C(=O)O)CCC1=O. The zero-order valence-electron chi connectivity index (χ0n) is 11.4. The third kappa shape index (κ3) is 3.65. The molecule has 2 rings (SSSR count). The molecule has 1 aliphatic heterocycles. The number of rotatable bonds is 5. The number of amides is 2. The molecule has 1 aliphatic rings. The average Bonchev–Trinajstić information content (AvgIpc) is 2.93. The van der Waals surface area contributed by atoms with Crippen LogP contribution in [0.4, 0.5) is 0 Å². The number of hydrogen-bond donors (Lipinski definition) is 3. The van der Waals surface area contributed by atoms with Crippen LogP contribution in [-0.4, -0.2) is 56.7 Å². The van der Waals surface area contributed by atoms with Gasteiger partial charge >= 0.3 is 5.97 Å². The van der Waals surface area contributed by atoms with Gasteiger partial charge in [-0.3, -0.25) is 9.59 Å². The number of nitrogens with one attached hydrogen (secondary N) is 2. The molecule has 21 heavy (non-hydrogen) atoms. The van der Waals surface area contributed by atoms with E-state index < -0.39 is 17.9 Å². The molecule has 0 fully saturated rings. The smallest absolute Gasteiger partial charge is 0.326 e. The van der Waals surface area contributed by atoms with E-state index in [4.69, 9.17) is 5.11 Å². The summed E-state index contributed by atoms with van der Waals surface area (Å²) in [5, 5.41) is 16.5. The average molecular weight is 293 g/mol. The number of carboxylic acid groups (broad SMARTS) is 1. The summed E-state index contributed by atoms with van der Waals surface area (Å²) in [5.41, 5.74) is 0.744. The highest BCUT2D eigenvalue weighted by atomic mass is 16.4. The van der Waals surface area contributed by atoms with Gasteiger partial charge in [-0.1, -0.05) is 0 Å². The monoisotopic (exact) mass is 293 g/mol. The standard InChI is InChI=1S/C12H15N5O4/c1-17-10(18)3-2-8(16-17)11(19)15-9(12(20)21)4-7-5-13-6-14-7/h5-6,9H,2-4H2,1H3,(H,13,14)(H,15,19)(H,20,21)/t9-/m1/s1. The number of carboxylic acids is 1. The van der Waals surface area contributed by atoms with Crippen LogP contribution in [0.5, 0.6) is 0 Å². The van der Waals surface area contributed by atoms with Gasteiger partial charge < -0.3 is 15.4 Å². The Hall–Kier alpha value is -2.71. The van der Waals surface area contributed by atoms with Gasteiger partial charge in [-0.25, -0.2) is 14.8 Å². The van der Waals surface area contributed by atoms with Crippen molar-refractivity contribution in [1.82, 2.24) is 20.3 Å². The molecule has 0 radical (unpaired) electrons. The topological polar surface area (TPSA) is 128 Å². The Balaban J connectivity index is 2.03. The van der Waals surface area contributed by atoms with Crippen molar-refractivity contribution in [3.8, 4) is 0 Å². The first-order chi connectivity index (χ1) is 9.97. The predicted molar refractivity (Wildman–Crippen MR) is 71.3 cm³/mol. The van der Waals surface area contributed by atoms with Gasteiger partial charge in [0.05, 0.1) is 6.33 Å². The van der Waals surface area contributed by atoms with Gasteiger partial charge in [0.15, 0.2) is 0 Å². The number of nitrogens with zero attached hydrogens (tertiary/aromatic N) is 3. The lowest BCUT2D eigenvalue weighted by atomic mass is 10.1. The molecule has 0 saturated heterocycles. The van der Waals surface area contributed by atoms with Crippen LogP contribution in [0.1, 0.15) is 18.5 Å². The lowest BCUT2D eigenvalue weighted by Gasteiger charge is -2.20. The molecule has 2 amide bonds. The molecule has 0 saturated carbocycles. The Morgan fingerprint density at radius 3 is 2.86 bits per heavy atom. The van der Waals surface area contributed by atoms with Crippen LogP contribution >= 0.6 is 0 Å². The van der Waals surface area contributed by atoms with Gasteiger partial charge in [0.1, 0.15) is 11.8 Å². The molecule has 0 spiro atoms. The number of H-pyrrole nitrogens is 1. The number of aromatic nitrogens is 2. The first kappa shape index (κ1) is 14.7. The quantitative estimate of drug-likeness (QED) is 0.650. The normalized spacial score (nSPS) is 16.3. The molecule has 1 atom stereocenters. The molecule has 2 heterocycles.